The highest BCUT2D eigenvalue weighted by atomic mass is 16.1. The first-order valence-corrected chi connectivity index (χ1v) is 5.18. The van der Waals surface area contributed by atoms with Crippen LogP contribution < -0.4 is 11.1 Å². The molecule has 1 amide bonds. The summed E-state index contributed by atoms with van der Waals surface area (Å²) in [6.07, 6.45) is 3.07. The molecule has 5 nitrogen and oxygen atoms in total. The maximum absolute atomic E-state index is 10.5. The van der Waals surface area contributed by atoms with E-state index in [1.807, 2.05) is 19.3 Å². The summed E-state index contributed by atoms with van der Waals surface area (Å²) in [6.45, 7) is 1.45. The van der Waals surface area contributed by atoms with Crippen molar-refractivity contribution in [2.75, 3.05) is 6.54 Å². The van der Waals surface area contributed by atoms with E-state index < -0.39 is 0 Å². The minimum atomic E-state index is -0.270. The molecule has 3 N–H and O–H groups in total. The molecule has 0 aliphatic carbocycles. The number of aryl methyl sites for hydroxylation is 1. The lowest BCUT2D eigenvalue weighted by atomic mass is 10.3. The van der Waals surface area contributed by atoms with Crippen LogP contribution in [0.3, 0.4) is 0 Å². The number of primary amides is 1. The van der Waals surface area contributed by atoms with Crippen LogP contribution in [0.4, 0.5) is 0 Å². The summed E-state index contributed by atoms with van der Waals surface area (Å²) in [5.74, 6) is -0.270. The number of hydrogen-bond acceptors (Lipinski definition) is 3. The number of nitrogens with zero attached hydrogens (tertiary/aromatic N) is 2. The first-order chi connectivity index (χ1) is 7.63. The number of nitrogens with two attached hydrogens (primary N) is 1. The average molecular weight is 220 g/mol. The number of aromatic nitrogens is 1. The minimum Gasteiger partial charge on any atom is -0.370 e. The fourth-order valence-corrected chi connectivity index (χ4v) is 1.46. The van der Waals surface area contributed by atoms with Crippen LogP contribution in [0.25, 0.3) is 0 Å². The van der Waals surface area contributed by atoms with Gasteiger partial charge in [-0.05, 0) is 24.6 Å². The maximum atomic E-state index is 10.5. The van der Waals surface area contributed by atoms with E-state index in [1.165, 1.54) is 0 Å². The molecular weight excluding hydrogens is 204 g/mol. The lowest BCUT2D eigenvalue weighted by Gasteiger charge is -2.01. The Hall–Kier alpha value is -1.80. The molecule has 0 aliphatic heterocycles. The van der Waals surface area contributed by atoms with Gasteiger partial charge in [0, 0.05) is 26.2 Å². The standard InChI is InChI=1S/C11H16N4O/c1-15-8-9(5-10(15)6-12)7-14-4-2-3-11(13)16/h5,8,14H,2-4,7H2,1H3,(H2,13,16). The lowest BCUT2D eigenvalue weighted by Crippen LogP contribution is -2.17. The number of nitriles is 1. The van der Waals surface area contributed by atoms with Crippen molar-refractivity contribution >= 4 is 5.91 Å². The van der Waals surface area contributed by atoms with Crippen LogP contribution in [-0.4, -0.2) is 17.0 Å². The molecule has 1 heterocycles. The number of rotatable bonds is 6. The third-order valence-corrected chi connectivity index (χ3v) is 2.28. The molecule has 0 saturated carbocycles. The van der Waals surface area contributed by atoms with E-state index in [0.717, 1.165) is 18.5 Å². The first-order valence-electron chi connectivity index (χ1n) is 5.18. The highest BCUT2D eigenvalue weighted by Gasteiger charge is 2.01. The van der Waals surface area contributed by atoms with Gasteiger partial charge in [0.2, 0.25) is 5.91 Å². The Bertz CT molecular complexity index is 403. The Balaban J connectivity index is 2.27. The summed E-state index contributed by atoms with van der Waals surface area (Å²) < 4.78 is 1.79. The van der Waals surface area contributed by atoms with Crippen LogP contribution in [0.2, 0.25) is 0 Å². The number of nitrogens with one attached hydrogen (secondary N) is 1. The van der Waals surface area contributed by atoms with Crippen LogP contribution >= 0.6 is 0 Å². The Morgan fingerprint density at radius 1 is 1.69 bits per heavy atom. The number of carbonyl (C=O) groups excluding carboxylic acids is 1. The van der Waals surface area contributed by atoms with E-state index in [4.69, 9.17) is 11.0 Å². The van der Waals surface area contributed by atoms with Crippen molar-refractivity contribution in [1.82, 2.24) is 9.88 Å². The van der Waals surface area contributed by atoms with Gasteiger partial charge in [-0.2, -0.15) is 5.26 Å². The second kappa shape index (κ2) is 5.93. The highest BCUT2D eigenvalue weighted by Crippen LogP contribution is 2.05. The molecule has 0 bridgehead atoms. The Morgan fingerprint density at radius 2 is 2.44 bits per heavy atom. The number of amides is 1. The monoisotopic (exact) mass is 220 g/mol. The average Bonchev–Trinajstić information content (AvgIpc) is 2.58. The molecule has 1 rings (SSSR count). The molecule has 5 heteroatoms. The molecule has 16 heavy (non-hydrogen) atoms. The van der Waals surface area contributed by atoms with Gasteiger partial charge in [0.25, 0.3) is 0 Å². The van der Waals surface area contributed by atoms with Crippen molar-refractivity contribution in [3.8, 4) is 6.07 Å². The second-order valence-corrected chi connectivity index (χ2v) is 3.70. The summed E-state index contributed by atoms with van der Waals surface area (Å²) in [5, 5.41) is 12.0. The van der Waals surface area contributed by atoms with Gasteiger partial charge in [0.05, 0.1) is 0 Å². The van der Waals surface area contributed by atoms with E-state index in [1.54, 1.807) is 4.57 Å². The van der Waals surface area contributed by atoms with Crippen LogP contribution in [0.15, 0.2) is 12.3 Å². The van der Waals surface area contributed by atoms with E-state index in [9.17, 15) is 4.79 Å². The molecule has 0 unspecified atom stereocenters. The molecule has 1 aromatic heterocycles. The quantitative estimate of drug-likeness (QED) is 0.674. The third-order valence-electron chi connectivity index (χ3n) is 2.28. The van der Waals surface area contributed by atoms with E-state index in [2.05, 4.69) is 11.4 Å². The largest absolute Gasteiger partial charge is 0.370 e. The summed E-state index contributed by atoms with van der Waals surface area (Å²) in [4.78, 5) is 10.5. The van der Waals surface area contributed by atoms with Crippen molar-refractivity contribution in [1.29, 1.82) is 5.26 Å². The van der Waals surface area contributed by atoms with E-state index in [0.29, 0.717) is 18.7 Å². The van der Waals surface area contributed by atoms with Gasteiger partial charge in [0.1, 0.15) is 11.8 Å². The summed E-state index contributed by atoms with van der Waals surface area (Å²) in [5.41, 5.74) is 6.74. The predicted molar refractivity (Wildman–Crippen MR) is 60.3 cm³/mol. The van der Waals surface area contributed by atoms with Gasteiger partial charge in [-0.1, -0.05) is 0 Å². The number of carbonyl (C=O) groups is 1. The molecular formula is C11H16N4O. The van der Waals surface area contributed by atoms with Gasteiger partial charge in [0.15, 0.2) is 0 Å². The molecule has 1 aromatic rings. The smallest absolute Gasteiger partial charge is 0.217 e. The Morgan fingerprint density at radius 3 is 3.00 bits per heavy atom. The summed E-state index contributed by atoms with van der Waals surface area (Å²) in [7, 11) is 1.84. The minimum absolute atomic E-state index is 0.270. The fraction of sp³-hybridized carbons (Fsp3) is 0.455. The van der Waals surface area contributed by atoms with Crippen LogP contribution in [0.5, 0.6) is 0 Å². The second-order valence-electron chi connectivity index (χ2n) is 3.70. The van der Waals surface area contributed by atoms with Crippen molar-refractivity contribution in [3.63, 3.8) is 0 Å². The molecule has 0 fully saturated rings. The third kappa shape index (κ3) is 3.75. The SMILES string of the molecule is Cn1cc(CNCCCC(N)=O)cc1C#N. The zero-order chi connectivity index (χ0) is 12.0. The molecule has 0 aliphatic rings. The summed E-state index contributed by atoms with van der Waals surface area (Å²) in [6, 6.07) is 3.95. The van der Waals surface area contributed by atoms with Gasteiger partial charge in [-0.25, -0.2) is 0 Å². The van der Waals surface area contributed by atoms with E-state index in [-0.39, 0.29) is 5.91 Å². The van der Waals surface area contributed by atoms with Crippen LogP contribution in [0.1, 0.15) is 24.1 Å². The topological polar surface area (TPSA) is 83.8 Å². The van der Waals surface area contributed by atoms with Crippen LogP contribution in [0, 0.1) is 11.3 Å². The van der Waals surface area contributed by atoms with Crippen molar-refractivity contribution in [2.24, 2.45) is 12.8 Å². The van der Waals surface area contributed by atoms with Gasteiger partial charge in [-0.15, -0.1) is 0 Å². The van der Waals surface area contributed by atoms with Gasteiger partial charge < -0.3 is 15.6 Å². The zero-order valence-electron chi connectivity index (χ0n) is 9.36. The molecule has 0 spiro atoms. The maximum Gasteiger partial charge on any atom is 0.217 e. The Kier molecular flexibility index (Phi) is 4.55. The summed E-state index contributed by atoms with van der Waals surface area (Å²) >= 11 is 0. The molecule has 0 saturated heterocycles. The number of hydrogen-bond donors (Lipinski definition) is 2. The molecule has 86 valence electrons. The van der Waals surface area contributed by atoms with Crippen molar-refractivity contribution < 1.29 is 4.79 Å². The highest BCUT2D eigenvalue weighted by molar-refractivity contribution is 5.73. The molecule has 0 atom stereocenters. The van der Waals surface area contributed by atoms with Crippen molar-refractivity contribution in [3.05, 3.63) is 23.5 Å². The molecule has 0 radical (unpaired) electrons. The van der Waals surface area contributed by atoms with Gasteiger partial charge >= 0.3 is 0 Å². The fourth-order valence-electron chi connectivity index (χ4n) is 1.46. The molecule has 0 aromatic carbocycles. The Labute approximate surface area is 94.8 Å². The van der Waals surface area contributed by atoms with E-state index >= 15 is 0 Å². The van der Waals surface area contributed by atoms with Gasteiger partial charge in [-0.3, -0.25) is 4.79 Å². The van der Waals surface area contributed by atoms with Crippen LogP contribution in [-0.2, 0) is 18.4 Å². The zero-order valence-corrected chi connectivity index (χ0v) is 9.36. The first kappa shape index (κ1) is 12.3. The lowest BCUT2D eigenvalue weighted by molar-refractivity contribution is -0.118. The van der Waals surface area contributed by atoms with Crippen molar-refractivity contribution in [2.45, 2.75) is 19.4 Å². The predicted octanol–water partition coefficient (Wildman–Crippen LogP) is 0.252. The normalized spacial score (nSPS) is 10.0.